The van der Waals surface area contributed by atoms with Gasteiger partial charge < -0.3 is 44.1 Å². The van der Waals surface area contributed by atoms with E-state index in [-0.39, 0.29) is 47.7 Å². The van der Waals surface area contributed by atoms with Gasteiger partial charge in [0.25, 0.3) is 0 Å². The first-order valence-electron chi connectivity index (χ1n) is 14.7. The number of Topliss-reactive ketones (excluding diaryl/α,β-unsaturated/α-hetero) is 1. The molecule has 0 spiro atoms. The predicted octanol–water partition coefficient (Wildman–Crippen LogP) is 4.85. The molecule has 2 aromatic carbocycles. The molecule has 0 aliphatic rings. The average Bonchev–Trinajstić information content (AvgIpc) is 3.47. The van der Waals surface area contributed by atoms with E-state index in [0.717, 1.165) is 19.3 Å². The van der Waals surface area contributed by atoms with E-state index in [0.29, 0.717) is 55.2 Å². The monoisotopic (exact) mass is 629 g/mol. The molecule has 0 atom stereocenters. The fraction of sp³-hybridized carbons (Fsp3) is 0.452. The number of fused-ring (bicyclic) bond motifs is 2. The van der Waals surface area contributed by atoms with E-state index in [1.165, 1.54) is 27.0 Å². The second kappa shape index (κ2) is 18.1. The van der Waals surface area contributed by atoms with Gasteiger partial charge in [0.15, 0.2) is 28.6 Å². The second-order valence-corrected chi connectivity index (χ2v) is 9.91. The summed E-state index contributed by atoms with van der Waals surface area (Å²) in [5.41, 5.74) is 0.0805. The van der Waals surface area contributed by atoms with Crippen molar-refractivity contribution >= 4 is 51.8 Å². The minimum Gasteiger partial charge on any atom is -0.466 e. The van der Waals surface area contributed by atoms with E-state index in [2.05, 4.69) is 20.7 Å². The molecule has 45 heavy (non-hydrogen) atoms. The third-order valence-corrected chi connectivity index (χ3v) is 6.45. The Kier molecular flexibility index (Phi) is 13.9. The molecule has 1 heterocycles. The molecule has 1 aromatic heterocycles. The van der Waals surface area contributed by atoms with Crippen LogP contribution in [0.5, 0.6) is 11.5 Å². The van der Waals surface area contributed by atoms with Crippen molar-refractivity contribution in [3.05, 3.63) is 36.1 Å². The molecule has 0 fully saturated rings. The van der Waals surface area contributed by atoms with Crippen molar-refractivity contribution in [2.45, 2.75) is 46.0 Å². The van der Waals surface area contributed by atoms with Gasteiger partial charge in [0, 0.05) is 44.3 Å². The van der Waals surface area contributed by atoms with Crippen molar-refractivity contribution < 1.29 is 52.1 Å². The number of amides is 2. The van der Waals surface area contributed by atoms with Gasteiger partial charge in [-0.2, -0.15) is 0 Å². The average molecular weight is 630 g/mol. The maximum absolute atomic E-state index is 12.8. The topological polar surface area (TPSA) is 181 Å². The van der Waals surface area contributed by atoms with E-state index >= 15 is 0 Å². The molecule has 2 amide bonds. The van der Waals surface area contributed by atoms with Gasteiger partial charge in [-0.05, 0) is 38.3 Å². The Labute approximate surface area is 260 Å². The number of methoxy groups -OCH3 is 1. The number of benzene rings is 2. The Bertz CT molecular complexity index is 1480. The van der Waals surface area contributed by atoms with E-state index in [4.69, 9.17) is 23.4 Å². The van der Waals surface area contributed by atoms with Crippen molar-refractivity contribution in [3.63, 3.8) is 0 Å². The molecule has 3 rings (SSSR count). The van der Waals surface area contributed by atoms with Gasteiger partial charge in [-0.1, -0.05) is 30.7 Å². The largest absolute Gasteiger partial charge is 0.508 e. The first-order valence-corrected chi connectivity index (χ1v) is 14.7. The lowest BCUT2D eigenvalue weighted by molar-refractivity contribution is -0.141. The molecule has 14 heteroatoms. The van der Waals surface area contributed by atoms with Crippen LogP contribution in [0.1, 0.15) is 56.5 Å². The molecule has 0 radical (unpaired) electrons. The van der Waals surface area contributed by atoms with Crippen LogP contribution in [-0.4, -0.2) is 76.6 Å². The van der Waals surface area contributed by atoms with Crippen molar-refractivity contribution in [1.82, 2.24) is 16.0 Å². The van der Waals surface area contributed by atoms with Gasteiger partial charge in [0.1, 0.15) is 6.61 Å². The van der Waals surface area contributed by atoms with Crippen molar-refractivity contribution in [2.24, 2.45) is 0 Å². The van der Waals surface area contributed by atoms with Gasteiger partial charge in [0.2, 0.25) is 0 Å². The number of hydrogen-bond donors (Lipinski definition) is 3. The van der Waals surface area contributed by atoms with Crippen LogP contribution in [0.15, 0.2) is 34.7 Å². The van der Waals surface area contributed by atoms with E-state index in [1.54, 1.807) is 24.3 Å². The highest BCUT2D eigenvalue weighted by Crippen LogP contribution is 2.44. The fourth-order valence-corrected chi connectivity index (χ4v) is 4.30. The quantitative estimate of drug-likeness (QED) is 0.105. The molecule has 0 bridgehead atoms. The smallest absolute Gasteiger partial charge is 0.466 e. The molecule has 0 saturated carbocycles. The standard InChI is InChI=1S/C31H39N3O11/c1-20(35)25-19-24-26(44-29(37)33-14-8-4-5-9-17-41-21(2)36)22-11-6-7-12-23(22)27(28(24)43-25)45-30(38)34-15-10-13-32-16-18-42-31(39)40-3/h6-7,11-12,19,32H,4-5,8-10,13-18H2,1-3H3,(H,33,37)(H,34,38). The van der Waals surface area contributed by atoms with Crippen LogP contribution in [0.2, 0.25) is 0 Å². The highest BCUT2D eigenvalue weighted by atomic mass is 16.7. The third kappa shape index (κ3) is 11.0. The summed E-state index contributed by atoms with van der Waals surface area (Å²) in [6.45, 7) is 4.85. The van der Waals surface area contributed by atoms with Crippen LogP contribution in [0.25, 0.3) is 21.7 Å². The molecule has 0 saturated heterocycles. The zero-order valence-corrected chi connectivity index (χ0v) is 25.7. The van der Waals surface area contributed by atoms with Crippen LogP contribution < -0.4 is 25.4 Å². The molecular weight excluding hydrogens is 590 g/mol. The summed E-state index contributed by atoms with van der Waals surface area (Å²) in [4.78, 5) is 59.5. The predicted molar refractivity (Wildman–Crippen MR) is 163 cm³/mol. The summed E-state index contributed by atoms with van der Waals surface area (Å²) < 4.78 is 31.3. The van der Waals surface area contributed by atoms with E-state index in [1.807, 2.05) is 0 Å². The number of unbranched alkanes of at least 4 members (excludes halogenated alkanes) is 3. The Morgan fingerprint density at radius 1 is 0.711 bits per heavy atom. The second-order valence-electron chi connectivity index (χ2n) is 9.91. The number of ether oxygens (including phenoxy) is 5. The highest BCUT2D eigenvalue weighted by molar-refractivity contribution is 6.12. The number of carbonyl (C=O) groups is 5. The number of carbonyl (C=O) groups excluding carboxylic acids is 5. The minimum atomic E-state index is -0.755. The minimum absolute atomic E-state index is 0.00632. The summed E-state index contributed by atoms with van der Waals surface area (Å²) in [5.74, 6) is -0.429. The van der Waals surface area contributed by atoms with Crippen LogP contribution >= 0.6 is 0 Å². The normalized spacial score (nSPS) is 10.7. The van der Waals surface area contributed by atoms with Crippen molar-refractivity contribution in [1.29, 1.82) is 0 Å². The van der Waals surface area contributed by atoms with Gasteiger partial charge in [-0.25, -0.2) is 14.4 Å². The Hall–Kier alpha value is -4.85. The first kappa shape index (κ1) is 34.6. The highest BCUT2D eigenvalue weighted by Gasteiger charge is 2.24. The Balaban J connectivity index is 1.64. The number of hydrogen-bond acceptors (Lipinski definition) is 12. The molecule has 244 valence electrons. The molecule has 14 nitrogen and oxygen atoms in total. The van der Waals surface area contributed by atoms with Gasteiger partial charge in [-0.3, -0.25) is 9.59 Å². The maximum atomic E-state index is 12.8. The number of rotatable bonds is 17. The first-order chi connectivity index (χ1) is 21.7. The Morgan fingerprint density at radius 3 is 2.02 bits per heavy atom. The summed E-state index contributed by atoms with van der Waals surface area (Å²) in [7, 11) is 1.23. The van der Waals surface area contributed by atoms with Crippen molar-refractivity contribution in [2.75, 3.05) is 46.5 Å². The SMILES string of the molecule is COC(=O)OCCNCCCNC(=O)Oc1c2ccccc2c(OC(=O)NCCCCCCOC(C)=O)c2cc(C(C)=O)oc12. The molecule has 3 aromatic rings. The zero-order chi connectivity index (χ0) is 32.6. The maximum Gasteiger partial charge on any atom is 0.508 e. The van der Waals surface area contributed by atoms with E-state index in [9.17, 15) is 24.0 Å². The fourth-order valence-electron chi connectivity index (χ4n) is 4.30. The summed E-state index contributed by atoms with van der Waals surface area (Å²) in [6.07, 6.45) is 1.50. The van der Waals surface area contributed by atoms with Crippen LogP contribution in [0, 0.1) is 0 Å². The van der Waals surface area contributed by atoms with Crippen LogP contribution in [0.4, 0.5) is 14.4 Å². The van der Waals surface area contributed by atoms with Crippen LogP contribution in [0.3, 0.4) is 0 Å². The van der Waals surface area contributed by atoms with E-state index < -0.39 is 18.3 Å². The molecule has 3 N–H and O–H groups in total. The van der Waals surface area contributed by atoms with Gasteiger partial charge >= 0.3 is 24.3 Å². The zero-order valence-electron chi connectivity index (χ0n) is 25.7. The number of furan rings is 1. The molecule has 0 aliphatic carbocycles. The summed E-state index contributed by atoms with van der Waals surface area (Å²) in [6, 6.07) is 8.33. The van der Waals surface area contributed by atoms with Gasteiger partial charge in [-0.15, -0.1) is 0 Å². The van der Waals surface area contributed by atoms with Crippen LogP contribution in [-0.2, 0) is 19.0 Å². The summed E-state index contributed by atoms with van der Waals surface area (Å²) in [5, 5.41) is 9.67. The lowest BCUT2D eigenvalue weighted by atomic mass is 10.1. The number of ketones is 1. The third-order valence-electron chi connectivity index (χ3n) is 6.45. The molecule has 0 unspecified atom stereocenters. The molecular formula is C31H39N3O11. The lowest BCUT2D eigenvalue weighted by Crippen LogP contribution is -2.30. The van der Waals surface area contributed by atoms with Crippen molar-refractivity contribution in [3.8, 4) is 11.5 Å². The number of nitrogens with one attached hydrogen (secondary N) is 3. The number of esters is 1. The van der Waals surface area contributed by atoms with Gasteiger partial charge in [0.05, 0.1) is 19.1 Å². The Morgan fingerprint density at radius 2 is 1.36 bits per heavy atom. The lowest BCUT2D eigenvalue weighted by Gasteiger charge is -2.14. The summed E-state index contributed by atoms with van der Waals surface area (Å²) >= 11 is 0. The molecule has 0 aliphatic heterocycles.